The van der Waals surface area contributed by atoms with Crippen LogP contribution < -0.4 is 15.6 Å². The van der Waals surface area contributed by atoms with Crippen molar-refractivity contribution >= 4 is 16.7 Å². The van der Waals surface area contributed by atoms with E-state index in [1.54, 1.807) is 24.4 Å². The van der Waals surface area contributed by atoms with E-state index in [0.717, 1.165) is 18.4 Å². The summed E-state index contributed by atoms with van der Waals surface area (Å²) < 4.78 is 7.46. The average Bonchev–Trinajstić information content (AvgIpc) is 3.28. The molecule has 1 aromatic carbocycles. The molecular formula is C24H28N4O3. The quantitative estimate of drug-likeness (QED) is 0.630. The number of aromatic nitrogens is 3. The Balaban J connectivity index is 1.58. The number of ether oxygens (including phenoxy) is 1. The second kappa shape index (κ2) is 9.29. The topological polar surface area (TPSA) is 86.1 Å². The van der Waals surface area contributed by atoms with Crippen molar-refractivity contribution in [2.24, 2.45) is 5.92 Å². The van der Waals surface area contributed by atoms with E-state index in [1.807, 2.05) is 32.0 Å². The molecule has 2 heterocycles. The first kappa shape index (κ1) is 21.0. The van der Waals surface area contributed by atoms with E-state index in [0.29, 0.717) is 23.2 Å². The predicted molar refractivity (Wildman–Crippen MR) is 119 cm³/mol. The van der Waals surface area contributed by atoms with Crippen LogP contribution in [0.4, 0.5) is 0 Å². The van der Waals surface area contributed by atoms with Crippen LogP contribution in [-0.2, 0) is 13.1 Å². The van der Waals surface area contributed by atoms with Crippen LogP contribution in [0.5, 0.6) is 5.88 Å². The number of pyridine rings is 1. The van der Waals surface area contributed by atoms with E-state index in [4.69, 9.17) is 4.74 Å². The molecule has 7 heteroatoms. The van der Waals surface area contributed by atoms with Crippen molar-refractivity contribution in [3.05, 3.63) is 64.2 Å². The van der Waals surface area contributed by atoms with Gasteiger partial charge in [-0.3, -0.25) is 9.59 Å². The Labute approximate surface area is 181 Å². The average molecular weight is 421 g/mol. The lowest BCUT2D eigenvalue weighted by molar-refractivity contribution is 0.0944. The van der Waals surface area contributed by atoms with Gasteiger partial charge in [-0.2, -0.15) is 5.10 Å². The zero-order valence-electron chi connectivity index (χ0n) is 18.0. The Morgan fingerprint density at radius 1 is 1.16 bits per heavy atom. The fourth-order valence-electron chi connectivity index (χ4n) is 3.96. The highest BCUT2D eigenvalue weighted by Crippen LogP contribution is 2.25. The number of rotatable bonds is 7. The Bertz CT molecular complexity index is 1130. The van der Waals surface area contributed by atoms with Gasteiger partial charge in [-0.1, -0.05) is 38.1 Å². The van der Waals surface area contributed by atoms with Gasteiger partial charge in [-0.15, -0.1) is 0 Å². The van der Waals surface area contributed by atoms with E-state index < -0.39 is 0 Å². The maximum Gasteiger partial charge on any atom is 0.274 e. The molecule has 0 unspecified atom stereocenters. The highest BCUT2D eigenvalue weighted by molar-refractivity contribution is 6.04. The van der Waals surface area contributed by atoms with Gasteiger partial charge in [0.05, 0.1) is 5.39 Å². The molecule has 1 N–H and O–H groups in total. The van der Waals surface area contributed by atoms with Crippen molar-refractivity contribution in [1.29, 1.82) is 0 Å². The minimum atomic E-state index is -0.329. The van der Waals surface area contributed by atoms with Gasteiger partial charge in [0.2, 0.25) is 5.88 Å². The highest BCUT2D eigenvalue weighted by Gasteiger charge is 2.20. The maximum atomic E-state index is 13.1. The van der Waals surface area contributed by atoms with E-state index in [1.165, 1.54) is 17.5 Å². The minimum Gasteiger partial charge on any atom is -0.474 e. The molecule has 4 rings (SSSR count). The van der Waals surface area contributed by atoms with Crippen LogP contribution in [0, 0.1) is 5.92 Å². The molecule has 3 aromatic rings. The van der Waals surface area contributed by atoms with Gasteiger partial charge in [-0.25, -0.2) is 9.67 Å². The van der Waals surface area contributed by atoms with E-state index >= 15 is 0 Å². The smallest absolute Gasteiger partial charge is 0.274 e. The number of fused-ring (bicyclic) bond motifs is 1. The highest BCUT2D eigenvalue weighted by atomic mass is 16.5. The lowest BCUT2D eigenvalue weighted by Gasteiger charge is -2.16. The lowest BCUT2D eigenvalue weighted by Crippen LogP contribution is -2.31. The van der Waals surface area contributed by atoms with Crippen molar-refractivity contribution in [3.63, 3.8) is 0 Å². The maximum absolute atomic E-state index is 13.1. The molecule has 0 saturated heterocycles. The van der Waals surface area contributed by atoms with Crippen LogP contribution in [0.3, 0.4) is 0 Å². The Hall–Kier alpha value is -3.22. The third-order valence-corrected chi connectivity index (χ3v) is 5.49. The van der Waals surface area contributed by atoms with Crippen LogP contribution in [0.25, 0.3) is 10.8 Å². The number of nitrogens with zero attached hydrogens (tertiary/aromatic N) is 3. The summed E-state index contributed by atoms with van der Waals surface area (Å²) in [6.45, 7) is 4.74. The molecule has 0 aliphatic heterocycles. The molecule has 2 aromatic heterocycles. The van der Waals surface area contributed by atoms with Gasteiger partial charge >= 0.3 is 0 Å². The van der Waals surface area contributed by atoms with Crippen molar-refractivity contribution < 1.29 is 9.53 Å². The number of carbonyl (C=O) groups excluding carboxylic acids is 1. The summed E-state index contributed by atoms with van der Waals surface area (Å²) in [5, 5.41) is 8.39. The first-order chi connectivity index (χ1) is 15.0. The number of benzene rings is 1. The summed E-state index contributed by atoms with van der Waals surface area (Å²) in [6, 6.07) is 10.8. The van der Waals surface area contributed by atoms with Gasteiger partial charge in [0, 0.05) is 30.2 Å². The molecule has 1 amide bonds. The standard InChI is InChI=1S/C24H28N4O3/c1-16(2)15-28-24(30)20-12-6-5-11-19(20)21(27-28)22(29)26-14-17-8-7-13-25-23(17)31-18-9-3-4-10-18/h5-8,11-13,16,18H,3-4,9-10,14-15H2,1-2H3,(H,26,29). The summed E-state index contributed by atoms with van der Waals surface area (Å²) in [7, 11) is 0. The molecule has 162 valence electrons. The van der Waals surface area contributed by atoms with E-state index in [-0.39, 0.29) is 35.7 Å². The Morgan fingerprint density at radius 3 is 2.65 bits per heavy atom. The monoisotopic (exact) mass is 420 g/mol. The zero-order chi connectivity index (χ0) is 21.8. The second-order valence-corrected chi connectivity index (χ2v) is 8.45. The molecule has 1 saturated carbocycles. The van der Waals surface area contributed by atoms with E-state index in [2.05, 4.69) is 15.4 Å². The van der Waals surface area contributed by atoms with Gasteiger partial charge in [-0.05, 0) is 43.7 Å². The van der Waals surface area contributed by atoms with Crippen LogP contribution in [-0.4, -0.2) is 26.8 Å². The number of nitrogens with one attached hydrogen (secondary N) is 1. The number of hydrogen-bond donors (Lipinski definition) is 1. The summed E-state index contributed by atoms with van der Waals surface area (Å²) in [4.78, 5) is 30.2. The summed E-state index contributed by atoms with van der Waals surface area (Å²) >= 11 is 0. The largest absolute Gasteiger partial charge is 0.474 e. The molecule has 1 aliphatic rings. The molecule has 0 radical (unpaired) electrons. The fourth-order valence-corrected chi connectivity index (χ4v) is 3.96. The molecule has 0 bridgehead atoms. The number of amides is 1. The summed E-state index contributed by atoms with van der Waals surface area (Å²) in [6.07, 6.45) is 6.32. The molecule has 0 spiro atoms. The van der Waals surface area contributed by atoms with Gasteiger partial charge in [0.1, 0.15) is 6.10 Å². The van der Waals surface area contributed by atoms with Crippen LogP contribution in [0.15, 0.2) is 47.4 Å². The number of hydrogen-bond acceptors (Lipinski definition) is 5. The fraction of sp³-hybridized carbons (Fsp3) is 0.417. The van der Waals surface area contributed by atoms with Crippen LogP contribution >= 0.6 is 0 Å². The minimum absolute atomic E-state index is 0.180. The van der Waals surface area contributed by atoms with Crippen molar-refractivity contribution in [3.8, 4) is 5.88 Å². The number of carbonyl (C=O) groups is 1. The molecule has 0 atom stereocenters. The molecule has 7 nitrogen and oxygen atoms in total. The first-order valence-corrected chi connectivity index (χ1v) is 10.9. The van der Waals surface area contributed by atoms with Crippen molar-refractivity contribution in [1.82, 2.24) is 20.1 Å². The molecular weight excluding hydrogens is 392 g/mol. The third kappa shape index (κ3) is 4.76. The van der Waals surface area contributed by atoms with Crippen molar-refractivity contribution in [2.45, 2.75) is 58.7 Å². The third-order valence-electron chi connectivity index (χ3n) is 5.49. The Morgan fingerprint density at radius 2 is 1.90 bits per heavy atom. The predicted octanol–water partition coefficient (Wildman–Crippen LogP) is 3.70. The summed E-state index contributed by atoms with van der Waals surface area (Å²) in [5.41, 5.74) is 0.890. The van der Waals surface area contributed by atoms with Crippen LogP contribution in [0.2, 0.25) is 0 Å². The van der Waals surface area contributed by atoms with Crippen molar-refractivity contribution in [2.75, 3.05) is 0 Å². The van der Waals surface area contributed by atoms with Gasteiger partial charge in [0.25, 0.3) is 11.5 Å². The van der Waals surface area contributed by atoms with Gasteiger partial charge in [0.15, 0.2) is 5.69 Å². The molecule has 1 aliphatic carbocycles. The molecule has 31 heavy (non-hydrogen) atoms. The zero-order valence-corrected chi connectivity index (χ0v) is 18.0. The first-order valence-electron chi connectivity index (χ1n) is 10.9. The second-order valence-electron chi connectivity index (χ2n) is 8.45. The van der Waals surface area contributed by atoms with Gasteiger partial charge < -0.3 is 10.1 Å². The normalized spacial score (nSPS) is 14.3. The Kier molecular flexibility index (Phi) is 6.30. The lowest BCUT2D eigenvalue weighted by atomic mass is 10.1. The summed E-state index contributed by atoms with van der Waals surface area (Å²) in [5.74, 6) is 0.467. The molecule has 1 fully saturated rings. The van der Waals surface area contributed by atoms with E-state index in [9.17, 15) is 9.59 Å². The van der Waals surface area contributed by atoms with Crippen LogP contribution in [0.1, 0.15) is 55.6 Å². The SMILES string of the molecule is CC(C)Cn1nc(C(=O)NCc2cccnc2OC2CCCC2)c2ccccc2c1=O.